The minimum atomic E-state index is 0. The molecule has 15 heavy (non-hydrogen) atoms. The van der Waals surface area contributed by atoms with E-state index >= 15 is 0 Å². The van der Waals surface area contributed by atoms with Gasteiger partial charge in [0.25, 0.3) is 0 Å². The summed E-state index contributed by atoms with van der Waals surface area (Å²) in [5.41, 5.74) is 2.65. The predicted molar refractivity (Wildman–Crippen MR) is 75.0 cm³/mol. The van der Waals surface area contributed by atoms with Gasteiger partial charge in [-0.15, -0.1) is 17.0 Å². The van der Waals surface area contributed by atoms with Crippen LogP contribution in [0.2, 0.25) is 0 Å². The average Bonchev–Trinajstić information content (AvgIpc) is 2.11. The van der Waals surface area contributed by atoms with Gasteiger partial charge in [-0.2, -0.15) is 0 Å². The molecule has 0 fully saturated rings. The monoisotopic (exact) mass is 290 g/mol. The van der Waals surface area contributed by atoms with Crippen LogP contribution in [0.4, 0.5) is 0 Å². The van der Waals surface area contributed by atoms with Crippen molar-refractivity contribution in [3.05, 3.63) is 29.3 Å². The summed E-state index contributed by atoms with van der Waals surface area (Å²) in [6.45, 7) is 7.34. The third-order valence-electron chi connectivity index (χ3n) is 2.01. The molecule has 0 aliphatic rings. The summed E-state index contributed by atoms with van der Waals surface area (Å²) in [5, 5.41) is 1.32. The molecular formula is C12H20BrOP. The molecule has 0 heterocycles. The van der Waals surface area contributed by atoms with E-state index in [9.17, 15) is 0 Å². The van der Waals surface area contributed by atoms with Gasteiger partial charge in [-0.3, -0.25) is 0 Å². The van der Waals surface area contributed by atoms with Crippen LogP contribution in [0.5, 0.6) is 0 Å². The van der Waals surface area contributed by atoms with Crippen LogP contribution in [-0.2, 0) is 4.52 Å². The molecule has 3 heteroatoms. The number of rotatable bonds is 5. The van der Waals surface area contributed by atoms with E-state index in [-0.39, 0.29) is 17.0 Å². The van der Waals surface area contributed by atoms with Crippen LogP contribution in [-0.4, -0.2) is 6.61 Å². The van der Waals surface area contributed by atoms with E-state index in [1.54, 1.807) is 0 Å². The van der Waals surface area contributed by atoms with E-state index < -0.39 is 0 Å². The molecule has 1 atom stereocenters. The SMILES string of the molecule is Br.CCCCOPc1cc(C)cc(C)c1. The highest BCUT2D eigenvalue weighted by Crippen LogP contribution is 2.15. The lowest BCUT2D eigenvalue weighted by molar-refractivity contribution is 0.356. The van der Waals surface area contributed by atoms with Gasteiger partial charge >= 0.3 is 0 Å². The molecule has 1 aromatic carbocycles. The van der Waals surface area contributed by atoms with Crippen molar-refractivity contribution in [2.75, 3.05) is 6.61 Å². The summed E-state index contributed by atoms with van der Waals surface area (Å²) in [6.07, 6.45) is 2.37. The Kier molecular flexibility index (Phi) is 8.32. The highest BCUT2D eigenvalue weighted by Gasteiger charge is 1.96. The summed E-state index contributed by atoms with van der Waals surface area (Å²) < 4.78 is 5.60. The standard InChI is InChI=1S/C12H19OP.BrH/c1-4-5-6-13-14-12-8-10(2)7-11(3)9-12;/h7-9,14H,4-6H2,1-3H3;1H. The maximum Gasteiger partial charge on any atom is 0.0509 e. The second kappa shape index (κ2) is 8.27. The normalized spacial score (nSPS) is 10.6. The Bertz CT molecular complexity index is 269. The van der Waals surface area contributed by atoms with E-state index in [0.29, 0.717) is 8.81 Å². The number of halogens is 1. The van der Waals surface area contributed by atoms with Crippen molar-refractivity contribution in [1.29, 1.82) is 0 Å². The largest absolute Gasteiger partial charge is 0.358 e. The molecule has 0 spiro atoms. The first kappa shape index (κ1) is 15.1. The summed E-state index contributed by atoms with van der Waals surface area (Å²) in [6, 6.07) is 6.61. The van der Waals surface area contributed by atoms with Crippen molar-refractivity contribution in [3.8, 4) is 0 Å². The lowest BCUT2D eigenvalue weighted by Crippen LogP contribution is -1.98. The Morgan fingerprint density at radius 3 is 2.27 bits per heavy atom. The number of benzene rings is 1. The summed E-state index contributed by atoms with van der Waals surface area (Å²) in [5.74, 6) is 0. The maximum atomic E-state index is 5.60. The molecule has 0 saturated carbocycles. The third kappa shape index (κ3) is 6.29. The van der Waals surface area contributed by atoms with E-state index in [4.69, 9.17) is 4.52 Å². The molecule has 0 amide bonds. The lowest BCUT2D eigenvalue weighted by Gasteiger charge is -2.05. The molecule has 1 aromatic rings. The summed E-state index contributed by atoms with van der Waals surface area (Å²) in [7, 11) is 0.507. The number of aryl methyl sites for hydroxylation is 2. The molecule has 0 aliphatic carbocycles. The van der Waals surface area contributed by atoms with Crippen LogP contribution in [0.15, 0.2) is 18.2 Å². The second-order valence-electron chi connectivity index (χ2n) is 3.68. The molecule has 1 rings (SSSR count). The van der Waals surface area contributed by atoms with Crippen molar-refractivity contribution < 1.29 is 4.52 Å². The van der Waals surface area contributed by atoms with Gasteiger partial charge in [0, 0.05) is 8.81 Å². The molecule has 0 radical (unpaired) electrons. The Labute approximate surface area is 105 Å². The molecule has 0 aromatic heterocycles. The van der Waals surface area contributed by atoms with Crippen molar-refractivity contribution >= 4 is 31.1 Å². The Morgan fingerprint density at radius 2 is 1.73 bits per heavy atom. The first-order valence-electron chi connectivity index (χ1n) is 5.18. The van der Waals surface area contributed by atoms with E-state index in [1.165, 1.54) is 22.9 Å². The zero-order valence-corrected chi connectivity index (χ0v) is 12.4. The minimum Gasteiger partial charge on any atom is -0.358 e. The fourth-order valence-corrected chi connectivity index (χ4v) is 2.37. The highest BCUT2D eigenvalue weighted by molar-refractivity contribution is 8.93. The first-order chi connectivity index (χ1) is 6.72. The fourth-order valence-electron chi connectivity index (χ4n) is 1.38. The predicted octanol–water partition coefficient (Wildman–Crippen LogP) is 3.92. The van der Waals surface area contributed by atoms with Crippen LogP contribution >= 0.6 is 25.8 Å². The lowest BCUT2D eigenvalue weighted by atomic mass is 10.2. The Balaban J connectivity index is 0.00000196. The first-order valence-corrected chi connectivity index (χ1v) is 6.09. The van der Waals surface area contributed by atoms with E-state index in [0.717, 1.165) is 13.0 Å². The second-order valence-corrected chi connectivity index (χ2v) is 4.75. The zero-order chi connectivity index (χ0) is 10.4. The molecule has 1 unspecified atom stereocenters. The molecule has 0 bridgehead atoms. The zero-order valence-electron chi connectivity index (χ0n) is 9.67. The molecule has 86 valence electrons. The van der Waals surface area contributed by atoms with Gasteiger partial charge in [0.1, 0.15) is 0 Å². The third-order valence-corrected chi connectivity index (χ3v) is 2.88. The molecule has 1 nitrogen and oxygen atoms in total. The minimum absolute atomic E-state index is 0. The Morgan fingerprint density at radius 1 is 1.13 bits per heavy atom. The van der Waals surface area contributed by atoms with E-state index in [1.807, 2.05) is 0 Å². The van der Waals surface area contributed by atoms with Crippen LogP contribution in [0.1, 0.15) is 30.9 Å². The molecule has 0 aliphatic heterocycles. The van der Waals surface area contributed by atoms with Gasteiger partial charge in [-0.05, 0) is 37.7 Å². The van der Waals surface area contributed by atoms with Crippen LogP contribution in [0, 0.1) is 13.8 Å². The van der Waals surface area contributed by atoms with Gasteiger partial charge in [-0.25, -0.2) is 0 Å². The van der Waals surface area contributed by atoms with Gasteiger partial charge in [0.05, 0.1) is 6.61 Å². The summed E-state index contributed by atoms with van der Waals surface area (Å²) >= 11 is 0. The topological polar surface area (TPSA) is 9.23 Å². The fraction of sp³-hybridized carbons (Fsp3) is 0.500. The van der Waals surface area contributed by atoms with Gasteiger partial charge < -0.3 is 4.52 Å². The summed E-state index contributed by atoms with van der Waals surface area (Å²) in [4.78, 5) is 0. The van der Waals surface area contributed by atoms with Crippen molar-refractivity contribution in [2.45, 2.75) is 33.6 Å². The molecule has 0 saturated heterocycles. The van der Waals surface area contributed by atoms with Crippen molar-refractivity contribution in [2.24, 2.45) is 0 Å². The Hall–Kier alpha value is 0.0900. The smallest absolute Gasteiger partial charge is 0.0509 e. The van der Waals surface area contributed by atoms with Gasteiger partial charge in [-0.1, -0.05) is 30.5 Å². The van der Waals surface area contributed by atoms with Gasteiger partial charge in [0.15, 0.2) is 0 Å². The average molecular weight is 291 g/mol. The quantitative estimate of drug-likeness (QED) is 0.590. The molecular weight excluding hydrogens is 271 g/mol. The van der Waals surface area contributed by atoms with Gasteiger partial charge in [0.2, 0.25) is 0 Å². The highest BCUT2D eigenvalue weighted by atomic mass is 79.9. The van der Waals surface area contributed by atoms with Crippen LogP contribution < -0.4 is 5.30 Å². The van der Waals surface area contributed by atoms with Crippen molar-refractivity contribution in [1.82, 2.24) is 0 Å². The van der Waals surface area contributed by atoms with Crippen LogP contribution in [0.25, 0.3) is 0 Å². The molecule has 0 N–H and O–H groups in total. The van der Waals surface area contributed by atoms with Crippen molar-refractivity contribution in [3.63, 3.8) is 0 Å². The van der Waals surface area contributed by atoms with E-state index in [2.05, 4.69) is 39.0 Å². The maximum absolute atomic E-state index is 5.60. The number of unbranched alkanes of at least 4 members (excludes halogenated alkanes) is 1. The number of hydrogen-bond acceptors (Lipinski definition) is 1. The van der Waals surface area contributed by atoms with Crippen LogP contribution in [0.3, 0.4) is 0 Å². The number of hydrogen-bond donors (Lipinski definition) is 0.